The monoisotopic (exact) mass is 372 g/mol. The highest BCUT2D eigenvalue weighted by atomic mass is 32.2. The molecule has 2 aromatic carbocycles. The van der Waals surface area contributed by atoms with Crippen LogP contribution >= 0.6 is 0 Å². The third kappa shape index (κ3) is 4.67. The van der Waals surface area contributed by atoms with Crippen LogP contribution in [0.1, 0.15) is 28.4 Å². The van der Waals surface area contributed by atoms with Crippen LogP contribution in [-0.4, -0.2) is 20.3 Å². The molecule has 8 heteroatoms. The van der Waals surface area contributed by atoms with Gasteiger partial charge in [0.1, 0.15) is 6.10 Å². The molecule has 2 aromatic rings. The Bertz CT molecular complexity index is 872. The molecule has 0 aliphatic heterocycles. The molecule has 0 aliphatic carbocycles. The van der Waals surface area contributed by atoms with Gasteiger partial charge in [0, 0.05) is 5.56 Å². The standard InChI is InChI=1S/C17H15F3O4S/c1-11-6-8-15(9-7-11)25(22,23)24-12(2)16(21)13-4-3-5-14(10-13)17(18,19)20/h3-10,12H,1-2H3. The molecule has 1 unspecified atom stereocenters. The lowest BCUT2D eigenvalue weighted by Gasteiger charge is -2.13. The highest BCUT2D eigenvalue weighted by Gasteiger charge is 2.32. The van der Waals surface area contributed by atoms with Gasteiger partial charge < -0.3 is 0 Å². The highest BCUT2D eigenvalue weighted by molar-refractivity contribution is 7.86. The smallest absolute Gasteiger partial charge is 0.291 e. The van der Waals surface area contributed by atoms with Crippen LogP contribution in [0.3, 0.4) is 0 Å². The lowest BCUT2D eigenvalue weighted by atomic mass is 10.0. The van der Waals surface area contributed by atoms with Gasteiger partial charge in [-0.1, -0.05) is 29.8 Å². The van der Waals surface area contributed by atoms with Gasteiger partial charge in [-0.05, 0) is 38.1 Å². The molecule has 134 valence electrons. The average Bonchev–Trinajstić information content (AvgIpc) is 2.53. The van der Waals surface area contributed by atoms with Crippen LogP contribution < -0.4 is 0 Å². The first-order valence-corrected chi connectivity index (χ1v) is 8.63. The van der Waals surface area contributed by atoms with E-state index in [1.807, 2.05) is 0 Å². The summed E-state index contributed by atoms with van der Waals surface area (Å²) in [4.78, 5) is 12.1. The molecule has 0 aliphatic rings. The predicted molar refractivity (Wildman–Crippen MR) is 84.7 cm³/mol. The van der Waals surface area contributed by atoms with Gasteiger partial charge in [-0.2, -0.15) is 21.6 Å². The number of aryl methyl sites for hydroxylation is 1. The molecule has 1 atom stereocenters. The zero-order valence-corrected chi connectivity index (χ0v) is 14.2. The van der Waals surface area contributed by atoms with Crippen LogP contribution in [0.2, 0.25) is 0 Å². The van der Waals surface area contributed by atoms with E-state index in [4.69, 9.17) is 4.18 Å². The molecule has 0 saturated heterocycles. The van der Waals surface area contributed by atoms with Crippen LogP contribution in [0, 0.1) is 6.92 Å². The van der Waals surface area contributed by atoms with E-state index in [9.17, 15) is 26.4 Å². The Morgan fingerprint density at radius 3 is 2.24 bits per heavy atom. The summed E-state index contributed by atoms with van der Waals surface area (Å²) in [5, 5.41) is 0. The van der Waals surface area contributed by atoms with Gasteiger partial charge >= 0.3 is 6.18 Å². The summed E-state index contributed by atoms with van der Waals surface area (Å²) in [6, 6.07) is 9.53. The average molecular weight is 372 g/mol. The van der Waals surface area contributed by atoms with Crippen molar-refractivity contribution >= 4 is 15.9 Å². The second-order valence-electron chi connectivity index (χ2n) is 5.45. The van der Waals surface area contributed by atoms with E-state index in [1.54, 1.807) is 19.1 Å². The molecule has 2 rings (SSSR count). The van der Waals surface area contributed by atoms with Crippen LogP contribution in [0.5, 0.6) is 0 Å². The zero-order valence-electron chi connectivity index (χ0n) is 13.4. The van der Waals surface area contributed by atoms with Crippen molar-refractivity contribution in [2.75, 3.05) is 0 Å². The fourth-order valence-corrected chi connectivity index (χ4v) is 3.13. The number of hydrogen-bond acceptors (Lipinski definition) is 4. The number of carbonyl (C=O) groups excluding carboxylic acids is 1. The van der Waals surface area contributed by atoms with E-state index in [1.165, 1.54) is 25.1 Å². The lowest BCUT2D eigenvalue weighted by Crippen LogP contribution is -2.25. The van der Waals surface area contributed by atoms with Crippen molar-refractivity contribution in [2.24, 2.45) is 0 Å². The second-order valence-corrected chi connectivity index (χ2v) is 7.02. The van der Waals surface area contributed by atoms with Crippen molar-refractivity contribution in [1.29, 1.82) is 0 Å². The zero-order chi connectivity index (χ0) is 18.8. The minimum absolute atomic E-state index is 0.137. The fourth-order valence-electron chi connectivity index (χ4n) is 2.08. The van der Waals surface area contributed by atoms with Gasteiger partial charge in [-0.3, -0.25) is 8.98 Å². The number of halogens is 3. The SMILES string of the molecule is Cc1ccc(S(=O)(=O)OC(C)C(=O)c2cccc(C(F)(F)F)c2)cc1. The minimum atomic E-state index is -4.60. The molecule has 0 N–H and O–H groups in total. The third-order valence-electron chi connectivity index (χ3n) is 3.42. The summed E-state index contributed by atoms with van der Waals surface area (Å²) in [6.07, 6.45) is -6.07. The van der Waals surface area contributed by atoms with E-state index < -0.39 is 33.7 Å². The van der Waals surface area contributed by atoms with Gasteiger partial charge in [0.2, 0.25) is 0 Å². The quantitative estimate of drug-likeness (QED) is 0.588. The van der Waals surface area contributed by atoms with Crippen molar-refractivity contribution in [3.63, 3.8) is 0 Å². The molecular formula is C17H15F3O4S. The van der Waals surface area contributed by atoms with Crippen LogP contribution in [-0.2, 0) is 20.5 Å². The number of alkyl halides is 3. The summed E-state index contributed by atoms with van der Waals surface area (Å²) in [5.74, 6) is -0.859. The molecule has 0 spiro atoms. The van der Waals surface area contributed by atoms with Gasteiger partial charge in [-0.15, -0.1) is 0 Å². The van der Waals surface area contributed by atoms with Crippen molar-refractivity contribution in [3.8, 4) is 0 Å². The summed E-state index contributed by atoms with van der Waals surface area (Å²) in [6.45, 7) is 2.95. The number of benzene rings is 2. The van der Waals surface area contributed by atoms with Crippen LogP contribution in [0.25, 0.3) is 0 Å². The summed E-state index contributed by atoms with van der Waals surface area (Å²) in [7, 11) is -4.21. The first-order chi connectivity index (χ1) is 11.5. The van der Waals surface area contributed by atoms with E-state index in [0.717, 1.165) is 17.7 Å². The van der Waals surface area contributed by atoms with Crippen LogP contribution in [0.4, 0.5) is 13.2 Å². The van der Waals surface area contributed by atoms with E-state index in [-0.39, 0.29) is 10.5 Å². The van der Waals surface area contributed by atoms with Gasteiger partial charge in [0.15, 0.2) is 5.78 Å². The number of rotatable bonds is 5. The van der Waals surface area contributed by atoms with E-state index in [0.29, 0.717) is 6.07 Å². The molecule has 0 heterocycles. The molecule has 0 bridgehead atoms. The fraction of sp³-hybridized carbons (Fsp3) is 0.235. The molecule has 0 radical (unpaired) electrons. The summed E-state index contributed by atoms with van der Waals surface area (Å²) >= 11 is 0. The van der Waals surface area contributed by atoms with Crippen molar-refractivity contribution < 1.29 is 30.6 Å². The number of hydrogen-bond donors (Lipinski definition) is 0. The van der Waals surface area contributed by atoms with Crippen LogP contribution in [0.15, 0.2) is 53.4 Å². The molecule has 25 heavy (non-hydrogen) atoms. The number of carbonyl (C=O) groups is 1. The first-order valence-electron chi connectivity index (χ1n) is 7.22. The Kier molecular flexibility index (Phi) is 5.34. The lowest BCUT2D eigenvalue weighted by molar-refractivity contribution is -0.137. The molecular weight excluding hydrogens is 357 g/mol. The molecule has 0 saturated carbocycles. The Hall–Kier alpha value is -2.19. The Labute approximate surface area is 143 Å². The maximum Gasteiger partial charge on any atom is 0.416 e. The number of ketones is 1. The topological polar surface area (TPSA) is 60.4 Å². The number of Topliss-reactive ketones (excluding diaryl/α,β-unsaturated/α-hetero) is 1. The molecule has 0 amide bonds. The van der Waals surface area contributed by atoms with Gasteiger partial charge in [0.25, 0.3) is 10.1 Å². The molecule has 0 aromatic heterocycles. The van der Waals surface area contributed by atoms with Crippen molar-refractivity contribution in [2.45, 2.75) is 31.0 Å². The Morgan fingerprint density at radius 1 is 1.08 bits per heavy atom. The molecule has 0 fully saturated rings. The largest absolute Gasteiger partial charge is 0.416 e. The maximum atomic E-state index is 12.7. The molecule has 4 nitrogen and oxygen atoms in total. The third-order valence-corrected chi connectivity index (χ3v) is 4.82. The summed E-state index contributed by atoms with van der Waals surface area (Å²) < 4.78 is 67.3. The second kappa shape index (κ2) is 6.97. The van der Waals surface area contributed by atoms with Gasteiger partial charge in [-0.25, -0.2) is 0 Å². The maximum absolute atomic E-state index is 12.7. The Balaban J connectivity index is 2.22. The van der Waals surface area contributed by atoms with E-state index >= 15 is 0 Å². The van der Waals surface area contributed by atoms with Gasteiger partial charge in [0.05, 0.1) is 10.5 Å². The summed E-state index contributed by atoms with van der Waals surface area (Å²) in [5.41, 5.74) is -0.430. The minimum Gasteiger partial charge on any atom is -0.291 e. The van der Waals surface area contributed by atoms with E-state index in [2.05, 4.69) is 0 Å². The normalized spacial score (nSPS) is 13.5. The Morgan fingerprint density at radius 2 is 1.68 bits per heavy atom. The van der Waals surface area contributed by atoms with Crippen molar-refractivity contribution in [1.82, 2.24) is 0 Å². The highest BCUT2D eigenvalue weighted by Crippen LogP contribution is 2.30. The first kappa shape index (κ1) is 19.1. The predicted octanol–water partition coefficient (Wildman–Crippen LogP) is 3.99. The van der Waals surface area contributed by atoms with Crippen molar-refractivity contribution in [3.05, 3.63) is 65.2 Å².